The number of fused-ring (bicyclic) bond motifs is 1. The second-order valence-corrected chi connectivity index (χ2v) is 6.19. The van der Waals surface area contributed by atoms with Crippen LogP contribution in [0, 0.1) is 13.8 Å². The van der Waals surface area contributed by atoms with Crippen LogP contribution in [0.15, 0.2) is 11.1 Å². The standard InChI is InChI=1S/C13H13F3N4O3S/c1-6-7(2)24-10-9(6)11(22)20(5-18-10)3-8(21)19-12(23)17-4-13(14,15)16/h5H,3-4H2,1-2H3,(H2,17,19,21,23). The van der Waals surface area contributed by atoms with Crippen LogP contribution in [-0.4, -0.2) is 34.2 Å². The van der Waals surface area contributed by atoms with Gasteiger partial charge in [-0.05, 0) is 19.4 Å². The van der Waals surface area contributed by atoms with E-state index in [-0.39, 0.29) is 0 Å². The molecule has 0 saturated heterocycles. The lowest BCUT2D eigenvalue weighted by atomic mass is 10.2. The molecule has 0 aliphatic rings. The fourth-order valence-corrected chi connectivity index (χ4v) is 2.92. The van der Waals surface area contributed by atoms with Crippen LogP contribution >= 0.6 is 11.3 Å². The Morgan fingerprint density at radius 3 is 2.62 bits per heavy atom. The van der Waals surface area contributed by atoms with E-state index in [1.165, 1.54) is 16.7 Å². The molecule has 3 amide bonds. The number of urea groups is 1. The van der Waals surface area contributed by atoms with E-state index in [0.717, 1.165) is 21.3 Å². The van der Waals surface area contributed by atoms with Crippen molar-refractivity contribution in [3.8, 4) is 0 Å². The number of carbonyl (C=O) groups excluding carboxylic acids is 2. The maximum atomic E-state index is 12.3. The molecule has 24 heavy (non-hydrogen) atoms. The highest BCUT2D eigenvalue weighted by Gasteiger charge is 2.28. The zero-order valence-corrected chi connectivity index (χ0v) is 13.5. The van der Waals surface area contributed by atoms with Gasteiger partial charge in [0.15, 0.2) is 0 Å². The van der Waals surface area contributed by atoms with Gasteiger partial charge in [-0.3, -0.25) is 19.5 Å². The molecule has 0 aliphatic carbocycles. The predicted molar refractivity (Wildman–Crippen MR) is 81.0 cm³/mol. The zero-order chi connectivity index (χ0) is 18.1. The van der Waals surface area contributed by atoms with Crippen LogP contribution in [0.3, 0.4) is 0 Å². The minimum atomic E-state index is -4.58. The number of amides is 3. The van der Waals surface area contributed by atoms with Gasteiger partial charge >= 0.3 is 12.2 Å². The van der Waals surface area contributed by atoms with Crippen molar-refractivity contribution in [3.63, 3.8) is 0 Å². The number of aromatic nitrogens is 2. The first-order valence-electron chi connectivity index (χ1n) is 6.68. The molecule has 2 aromatic rings. The predicted octanol–water partition coefficient (Wildman–Crippen LogP) is 1.46. The van der Waals surface area contributed by atoms with E-state index in [0.29, 0.717) is 10.2 Å². The SMILES string of the molecule is Cc1sc2ncn(CC(=O)NC(=O)NCC(F)(F)F)c(=O)c2c1C. The molecule has 0 bridgehead atoms. The Morgan fingerprint density at radius 2 is 2.00 bits per heavy atom. The van der Waals surface area contributed by atoms with Crippen molar-refractivity contribution in [1.29, 1.82) is 0 Å². The molecule has 0 spiro atoms. The number of alkyl halides is 3. The second kappa shape index (κ2) is 6.59. The van der Waals surface area contributed by atoms with Gasteiger partial charge in [0, 0.05) is 4.88 Å². The molecule has 0 saturated carbocycles. The lowest BCUT2D eigenvalue weighted by molar-refractivity contribution is -0.124. The van der Waals surface area contributed by atoms with Crippen molar-refractivity contribution in [1.82, 2.24) is 20.2 Å². The molecular formula is C13H13F3N4O3S. The van der Waals surface area contributed by atoms with Crippen molar-refractivity contribution < 1.29 is 22.8 Å². The van der Waals surface area contributed by atoms with Gasteiger partial charge < -0.3 is 5.32 Å². The first-order valence-corrected chi connectivity index (χ1v) is 7.49. The normalized spacial score (nSPS) is 11.5. The van der Waals surface area contributed by atoms with Crippen molar-refractivity contribution in [3.05, 3.63) is 27.1 Å². The first kappa shape index (κ1) is 17.9. The van der Waals surface area contributed by atoms with E-state index in [1.54, 1.807) is 12.2 Å². The van der Waals surface area contributed by atoms with Gasteiger partial charge in [-0.15, -0.1) is 11.3 Å². The third-order valence-electron chi connectivity index (χ3n) is 3.17. The van der Waals surface area contributed by atoms with Gasteiger partial charge in [0.05, 0.1) is 11.7 Å². The summed E-state index contributed by atoms with van der Waals surface area (Å²) >= 11 is 1.34. The van der Waals surface area contributed by atoms with Crippen LogP contribution in [0.1, 0.15) is 10.4 Å². The third kappa shape index (κ3) is 4.10. The Bertz CT molecular complexity index is 856. The average molecular weight is 362 g/mol. The van der Waals surface area contributed by atoms with E-state index in [9.17, 15) is 27.6 Å². The van der Waals surface area contributed by atoms with Gasteiger partial charge in [0.1, 0.15) is 17.9 Å². The fraction of sp³-hybridized carbons (Fsp3) is 0.385. The summed E-state index contributed by atoms with van der Waals surface area (Å²) in [5.74, 6) is -0.928. The Kier molecular flexibility index (Phi) is 4.92. The van der Waals surface area contributed by atoms with Crippen LogP contribution in [0.2, 0.25) is 0 Å². The fourth-order valence-electron chi connectivity index (χ4n) is 1.93. The molecule has 7 nitrogen and oxygen atoms in total. The number of aryl methyl sites for hydroxylation is 2. The zero-order valence-electron chi connectivity index (χ0n) is 12.7. The molecule has 0 radical (unpaired) electrons. The number of nitrogens with zero attached hydrogens (tertiary/aromatic N) is 2. The molecule has 2 rings (SSSR count). The summed E-state index contributed by atoms with van der Waals surface area (Å²) in [5.41, 5.74) is 0.304. The number of nitrogens with one attached hydrogen (secondary N) is 2. The lowest BCUT2D eigenvalue weighted by Gasteiger charge is -2.09. The van der Waals surface area contributed by atoms with E-state index >= 15 is 0 Å². The second-order valence-electron chi connectivity index (χ2n) is 4.99. The summed E-state index contributed by atoms with van der Waals surface area (Å²) < 4.78 is 36.9. The summed E-state index contributed by atoms with van der Waals surface area (Å²) in [6.07, 6.45) is -3.42. The summed E-state index contributed by atoms with van der Waals surface area (Å²) in [6.45, 7) is 1.50. The molecule has 2 aromatic heterocycles. The number of rotatable bonds is 3. The lowest BCUT2D eigenvalue weighted by Crippen LogP contribution is -2.45. The Morgan fingerprint density at radius 1 is 1.33 bits per heavy atom. The molecule has 2 heterocycles. The van der Waals surface area contributed by atoms with Crippen molar-refractivity contribution >= 4 is 33.5 Å². The number of imide groups is 1. The molecule has 2 N–H and O–H groups in total. The molecule has 0 unspecified atom stereocenters. The summed E-state index contributed by atoms with van der Waals surface area (Å²) in [5, 5.41) is 3.60. The van der Waals surface area contributed by atoms with Gasteiger partial charge in [0.25, 0.3) is 5.56 Å². The monoisotopic (exact) mass is 362 g/mol. The summed E-state index contributed by atoms with van der Waals surface area (Å²) in [6, 6.07) is -1.29. The van der Waals surface area contributed by atoms with Crippen LogP contribution < -0.4 is 16.2 Å². The highest BCUT2D eigenvalue weighted by atomic mass is 32.1. The smallest absolute Gasteiger partial charge is 0.329 e. The van der Waals surface area contributed by atoms with E-state index in [2.05, 4.69) is 4.98 Å². The topological polar surface area (TPSA) is 93.1 Å². The maximum Gasteiger partial charge on any atom is 0.405 e. The molecule has 0 aromatic carbocycles. The van der Waals surface area contributed by atoms with E-state index in [1.807, 2.05) is 6.92 Å². The molecule has 130 valence electrons. The van der Waals surface area contributed by atoms with Crippen LogP contribution in [0.25, 0.3) is 10.2 Å². The van der Waals surface area contributed by atoms with Gasteiger partial charge in [0.2, 0.25) is 5.91 Å². The van der Waals surface area contributed by atoms with Crippen molar-refractivity contribution in [2.24, 2.45) is 0 Å². The quantitative estimate of drug-likeness (QED) is 0.865. The third-order valence-corrected chi connectivity index (χ3v) is 4.29. The largest absolute Gasteiger partial charge is 0.405 e. The molecule has 11 heteroatoms. The average Bonchev–Trinajstić information content (AvgIpc) is 2.75. The summed E-state index contributed by atoms with van der Waals surface area (Å²) in [4.78, 5) is 40.8. The summed E-state index contributed by atoms with van der Waals surface area (Å²) in [7, 11) is 0. The number of hydrogen-bond acceptors (Lipinski definition) is 5. The van der Waals surface area contributed by atoms with Gasteiger partial charge in [-0.1, -0.05) is 0 Å². The van der Waals surface area contributed by atoms with E-state index < -0.39 is 36.8 Å². The van der Waals surface area contributed by atoms with Crippen LogP contribution in [0.5, 0.6) is 0 Å². The Labute approximate surface area is 137 Å². The Balaban J connectivity index is 2.08. The highest BCUT2D eigenvalue weighted by molar-refractivity contribution is 7.18. The number of halogens is 3. The molecule has 0 aliphatic heterocycles. The van der Waals surface area contributed by atoms with Gasteiger partial charge in [-0.2, -0.15) is 13.2 Å². The highest BCUT2D eigenvalue weighted by Crippen LogP contribution is 2.25. The number of thiophene rings is 1. The molecular weight excluding hydrogens is 349 g/mol. The number of carbonyl (C=O) groups is 2. The van der Waals surface area contributed by atoms with Crippen molar-refractivity contribution in [2.75, 3.05) is 6.54 Å². The van der Waals surface area contributed by atoms with E-state index in [4.69, 9.17) is 0 Å². The molecule has 0 fully saturated rings. The first-order chi connectivity index (χ1) is 11.1. The minimum absolute atomic E-state index is 0.384. The van der Waals surface area contributed by atoms with Crippen molar-refractivity contribution in [2.45, 2.75) is 26.6 Å². The van der Waals surface area contributed by atoms with Gasteiger partial charge in [-0.25, -0.2) is 9.78 Å². The van der Waals surface area contributed by atoms with Crippen LogP contribution in [0.4, 0.5) is 18.0 Å². The maximum absolute atomic E-state index is 12.3. The number of hydrogen-bond donors (Lipinski definition) is 2. The molecule has 0 atom stereocenters. The van der Waals surface area contributed by atoms with Crippen LogP contribution in [-0.2, 0) is 11.3 Å². The Hall–Kier alpha value is -2.43. The minimum Gasteiger partial charge on any atom is -0.329 e.